The predicted octanol–water partition coefficient (Wildman–Crippen LogP) is 2.85. The molecule has 0 aliphatic heterocycles. The third-order valence-electron chi connectivity index (χ3n) is 3.18. The number of ether oxygens (including phenoxy) is 2. The van der Waals surface area contributed by atoms with Crippen LogP contribution in [0.4, 0.5) is 11.4 Å². The van der Waals surface area contributed by atoms with Crippen molar-refractivity contribution in [2.75, 3.05) is 25.3 Å². The number of carbonyl (C=O) groups is 1. The van der Waals surface area contributed by atoms with Gasteiger partial charge in [0.25, 0.3) is 5.91 Å². The lowest BCUT2D eigenvalue weighted by Gasteiger charge is -2.11. The van der Waals surface area contributed by atoms with Crippen LogP contribution in [0.2, 0.25) is 0 Å². The fraction of sp³-hybridized carbons (Fsp3) is 0.188. The molecule has 0 aliphatic rings. The van der Waals surface area contributed by atoms with Gasteiger partial charge in [-0.2, -0.15) is 0 Å². The summed E-state index contributed by atoms with van der Waals surface area (Å²) < 4.78 is 10.3. The van der Waals surface area contributed by atoms with Gasteiger partial charge in [-0.15, -0.1) is 0 Å². The van der Waals surface area contributed by atoms with Crippen LogP contribution in [0.1, 0.15) is 15.9 Å². The molecule has 5 heteroatoms. The number of rotatable bonds is 4. The average Bonchev–Trinajstić information content (AvgIpc) is 2.50. The summed E-state index contributed by atoms with van der Waals surface area (Å²) in [5.41, 5.74) is 8.45. The van der Waals surface area contributed by atoms with Crippen molar-refractivity contribution in [1.82, 2.24) is 0 Å². The number of nitrogens with one attached hydrogen (secondary N) is 1. The van der Waals surface area contributed by atoms with Crippen LogP contribution in [-0.2, 0) is 0 Å². The molecule has 0 saturated heterocycles. The number of methoxy groups -OCH3 is 2. The van der Waals surface area contributed by atoms with Crippen LogP contribution < -0.4 is 20.5 Å². The Bertz CT molecular complexity index is 669. The first-order valence-corrected chi connectivity index (χ1v) is 6.44. The van der Waals surface area contributed by atoms with Gasteiger partial charge < -0.3 is 20.5 Å². The molecule has 3 N–H and O–H groups in total. The first-order chi connectivity index (χ1) is 10.0. The molecule has 0 fully saturated rings. The van der Waals surface area contributed by atoms with E-state index in [1.165, 1.54) is 7.11 Å². The van der Waals surface area contributed by atoms with Crippen LogP contribution in [0, 0.1) is 6.92 Å². The lowest BCUT2D eigenvalue weighted by atomic mass is 10.1. The lowest BCUT2D eigenvalue weighted by molar-refractivity contribution is 0.102. The Hall–Kier alpha value is -2.69. The van der Waals surface area contributed by atoms with E-state index >= 15 is 0 Å². The van der Waals surface area contributed by atoms with Crippen LogP contribution >= 0.6 is 0 Å². The van der Waals surface area contributed by atoms with Crippen molar-refractivity contribution in [1.29, 1.82) is 0 Å². The Balaban J connectivity index is 2.28. The lowest BCUT2D eigenvalue weighted by Crippen LogP contribution is -2.13. The van der Waals surface area contributed by atoms with Crippen molar-refractivity contribution in [3.05, 3.63) is 47.5 Å². The van der Waals surface area contributed by atoms with E-state index in [0.29, 0.717) is 28.4 Å². The number of anilines is 2. The molecule has 0 aliphatic carbocycles. The molecule has 0 radical (unpaired) electrons. The van der Waals surface area contributed by atoms with Crippen LogP contribution in [0.15, 0.2) is 36.4 Å². The van der Waals surface area contributed by atoms with E-state index in [1.807, 2.05) is 13.0 Å². The molecular formula is C16H18N2O3. The van der Waals surface area contributed by atoms with E-state index in [2.05, 4.69) is 5.32 Å². The molecule has 21 heavy (non-hydrogen) atoms. The van der Waals surface area contributed by atoms with E-state index in [-0.39, 0.29) is 5.91 Å². The van der Waals surface area contributed by atoms with Crippen molar-refractivity contribution in [3.8, 4) is 11.5 Å². The second-order valence-corrected chi connectivity index (χ2v) is 4.59. The number of nitrogen functional groups attached to an aromatic ring is 1. The number of nitrogens with two attached hydrogens (primary N) is 1. The maximum atomic E-state index is 12.4. The number of benzene rings is 2. The quantitative estimate of drug-likeness (QED) is 0.848. The summed E-state index contributed by atoms with van der Waals surface area (Å²) in [5.74, 6) is 0.810. The topological polar surface area (TPSA) is 73.6 Å². The average molecular weight is 286 g/mol. The van der Waals surface area contributed by atoms with Gasteiger partial charge in [0.1, 0.15) is 11.5 Å². The minimum absolute atomic E-state index is 0.269. The normalized spacial score (nSPS) is 10.0. The highest BCUT2D eigenvalue weighted by Gasteiger charge is 2.14. The Labute approximate surface area is 123 Å². The monoisotopic (exact) mass is 286 g/mol. The number of hydrogen-bond acceptors (Lipinski definition) is 4. The van der Waals surface area contributed by atoms with Crippen LogP contribution in [0.25, 0.3) is 0 Å². The van der Waals surface area contributed by atoms with Gasteiger partial charge in [-0.3, -0.25) is 4.79 Å². The predicted molar refractivity (Wildman–Crippen MR) is 83.1 cm³/mol. The van der Waals surface area contributed by atoms with Crippen LogP contribution in [0.3, 0.4) is 0 Å². The molecule has 2 rings (SSSR count). The summed E-state index contributed by atoms with van der Waals surface area (Å²) in [4.78, 5) is 12.4. The molecule has 2 aromatic carbocycles. The molecule has 0 saturated carbocycles. The minimum Gasteiger partial charge on any atom is -0.497 e. The molecule has 110 valence electrons. The van der Waals surface area contributed by atoms with Crippen LogP contribution in [0.5, 0.6) is 11.5 Å². The largest absolute Gasteiger partial charge is 0.497 e. The number of hydrogen-bond donors (Lipinski definition) is 2. The molecular weight excluding hydrogens is 268 g/mol. The van der Waals surface area contributed by atoms with Gasteiger partial charge in [-0.25, -0.2) is 0 Å². The molecule has 0 bridgehead atoms. The standard InChI is InChI=1S/C16H18N2O3/c1-10-8-11(4-6-14(10)17)18-16(19)13-9-12(20-2)5-7-15(13)21-3/h4-9H,17H2,1-3H3,(H,18,19). The zero-order valence-corrected chi connectivity index (χ0v) is 12.3. The first-order valence-electron chi connectivity index (χ1n) is 6.44. The van der Waals surface area contributed by atoms with Crippen molar-refractivity contribution in [2.24, 2.45) is 0 Å². The Kier molecular flexibility index (Phi) is 4.33. The van der Waals surface area contributed by atoms with Gasteiger partial charge in [0, 0.05) is 11.4 Å². The maximum Gasteiger partial charge on any atom is 0.259 e. The third kappa shape index (κ3) is 3.25. The molecule has 5 nitrogen and oxygen atoms in total. The summed E-state index contributed by atoms with van der Waals surface area (Å²) in [5, 5.41) is 2.82. The Morgan fingerprint density at radius 3 is 2.48 bits per heavy atom. The highest BCUT2D eigenvalue weighted by atomic mass is 16.5. The molecule has 0 aromatic heterocycles. The molecule has 0 heterocycles. The van der Waals surface area contributed by atoms with Gasteiger partial charge in [0.15, 0.2) is 0 Å². The Morgan fingerprint density at radius 2 is 1.86 bits per heavy atom. The summed E-state index contributed by atoms with van der Waals surface area (Å²) in [6.45, 7) is 1.89. The van der Waals surface area contributed by atoms with Crippen molar-refractivity contribution in [2.45, 2.75) is 6.92 Å². The zero-order chi connectivity index (χ0) is 15.4. The summed E-state index contributed by atoms with van der Waals surface area (Å²) >= 11 is 0. The van der Waals surface area contributed by atoms with Crippen LogP contribution in [-0.4, -0.2) is 20.1 Å². The second-order valence-electron chi connectivity index (χ2n) is 4.59. The highest BCUT2D eigenvalue weighted by Crippen LogP contribution is 2.25. The van der Waals surface area contributed by atoms with Gasteiger partial charge in [-0.1, -0.05) is 0 Å². The van der Waals surface area contributed by atoms with E-state index in [4.69, 9.17) is 15.2 Å². The van der Waals surface area contributed by atoms with Gasteiger partial charge in [0.2, 0.25) is 0 Å². The Morgan fingerprint density at radius 1 is 1.10 bits per heavy atom. The minimum atomic E-state index is -0.269. The first kappa shape index (κ1) is 14.7. The second kappa shape index (κ2) is 6.17. The van der Waals surface area contributed by atoms with E-state index < -0.39 is 0 Å². The highest BCUT2D eigenvalue weighted by molar-refractivity contribution is 6.06. The van der Waals surface area contributed by atoms with E-state index in [9.17, 15) is 4.79 Å². The number of aryl methyl sites for hydroxylation is 1. The number of carbonyl (C=O) groups excluding carboxylic acids is 1. The van der Waals surface area contributed by atoms with Gasteiger partial charge >= 0.3 is 0 Å². The van der Waals surface area contributed by atoms with Gasteiger partial charge in [-0.05, 0) is 48.9 Å². The van der Waals surface area contributed by atoms with E-state index in [1.54, 1.807) is 37.4 Å². The third-order valence-corrected chi connectivity index (χ3v) is 3.18. The van der Waals surface area contributed by atoms with Crippen molar-refractivity contribution < 1.29 is 14.3 Å². The fourth-order valence-corrected chi connectivity index (χ4v) is 1.94. The smallest absolute Gasteiger partial charge is 0.259 e. The summed E-state index contributed by atoms with van der Waals surface area (Å²) in [7, 11) is 3.07. The molecule has 1 amide bonds. The van der Waals surface area contributed by atoms with Gasteiger partial charge in [0.05, 0.1) is 19.8 Å². The molecule has 0 atom stereocenters. The van der Waals surface area contributed by atoms with E-state index in [0.717, 1.165) is 5.56 Å². The summed E-state index contributed by atoms with van der Waals surface area (Å²) in [6.07, 6.45) is 0. The van der Waals surface area contributed by atoms with Crippen molar-refractivity contribution in [3.63, 3.8) is 0 Å². The van der Waals surface area contributed by atoms with Crippen molar-refractivity contribution >= 4 is 17.3 Å². The SMILES string of the molecule is COc1ccc(OC)c(C(=O)Nc2ccc(N)c(C)c2)c1. The zero-order valence-electron chi connectivity index (χ0n) is 12.3. The molecule has 0 spiro atoms. The maximum absolute atomic E-state index is 12.4. The number of amides is 1. The molecule has 0 unspecified atom stereocenters. The molecule has 2 aromatic rings. The summed E-state index contributed by atoms with van der Waals surface area (Å²) in [6, 6.07) is 10.4. The fourth-order valence-electron chi connectivity index (χ4n) is 1.94.